The number of hydrogen-bond donors (Lipinski definition) is 1. The summed E-state index contributed by atoms with van der Waals surface area (Å²) in [7, 11) is 1.77. The maximum absolute atomic E-state index is 5.66. The van der Waals surface area contributed by atoms with E-state index >= 15 is 0 Å². The van der Waals surface area contributed by atoms with Crippen molar-refractivity contribution in [2.75, 3.05) is 25.1 Å². The van der Waals surface area contributed by atoms with Crippen LogP contribution < -0.4 is 10.6 Å². The van der Waals surface area contributed by atoms with Crippen LogP contribution in [0.2, 0.25) is 0 Å². The number of nitrogens with two attached hydrogens (primary N) is 1. The minimum absolute atomic E-state index is 0.352. The molecule has 0 saturated carbocycles. The molecule has 2 N–H and O–H groups in total. The second-order valence-corrected chi connectivity index (χ2v) is 4.90. The van der Waals surface area contributed by atoms with Crippen molar-refractivity contribution in [1.29, 1.82) is 0 Å². The number of hydrogen-bond acceptors (Lipinski definition) is 3. The summed E-state index contributed by atoms with van der Waals surface area (Å²) < 4.78 is 5.37. The molecule has 3 nitrogen and oxygen atoms in total. The Morgan fingerprint density at radius 2 is 2.29 bits per heavy atom. The van der Waals surface area contributed by atoms with Crippen molar-refractivity contribution in [2.45, 2.75) is 19.4 Å². The molecule has 2 rings (SSSR count). The van der Waals surface area contributed by atoms with Crippen molar-refractivity contribution in [3.63, 3.8) is 0 Å². The number of thiocarbonyl (C=S) groups is 1. The van der Waals surface area contributed by atoms with Gasteiger partial charge in [0, 0.05) is 31.5 Å². The zero-order valence-corrected chi connectivity index (χ0v) is 11.1. The lowest BCUT2D eigenvalue weighted by atomic mass is 10.1. The Balaban J connectivity index is 2.18. The number of methoxy groups -OCH3 is 1. The van der Waals surface area contributed by atoms with E-state index in [1.807, 2.05) is 13.0 Å². The average molecular weight is 250 g/mol. The summed E-state index contributed by atoms with van der Waals surface area (Å²) in [5.74, 6) is 0. The summed E-state index contributed by atoms with van der Waals surface area (Å²) in [5, 5.41) is 0. The largest absolute Gasteiger partial charge is 0.389 e. The molecule has 0 radical (unpaired) electrons. The Morgan fingerprint density at radius 3 is 2.82 bits per heavy atom. The van der Waals surface area contributed by atoms with Crippen LogP contribution in [0.1, 0.15) is 17.5 Å². The molecule has 0 aliphatic carbocycles. The Labute approximate surface area is 108 Å². The molecule has 17 heavy (non-hydrogen) atoms. The monoisotopic (exact) mass is 250 g/mol. The van der Waals surface area contributed by atoms with Crippen LogP contribution >= 0.6 is 12.2 Å². The molecule has 0 bridgehead atoms. The second-order valence-electron chi connectivity index (χ2n) is 4.46. The molecule has 92 valence electrons. The molecule has 4 heteroatoms. The third-order valence-electron chi connectivity index (χ3n) is 3.32. The maximum atomic E-state index is 5.66. The van der Waals surface area contributed by atoms with Crippen LogP contribution in [0.3, 0.4) is 0 Å². The van der Waals surface area contributed by atoms with Crippen LogP contribution in [0, 0.1) is 6.92 Å². The number of benzene rings is 1. The highest BCUT2D eigenvalue weighted by Gasteiger charge is 2.22. The zero-order valence-electron chi connectivity index (χ0n) is 10.3. The Morgan fingerprint density at radius 1 is 1.53 bits per heavy atom. The Kier molecular flexibility index (Phi) is 3.64. The molecule has 1 unspecified atom stereocenters. The van der Waals surface area contributed by atoms with Crippen LogP contribution in [-0.2, 0) is 4.74 Å². The quantitative estimate of drug-likeness (QED) is 0.831. The highest BCUT2D eigenvalue weighted by atomic mass is 32.1. The van der Waals surface area contributed by atoms with Gasteiger partial charge in [-0.05, 0) is 37.1 Å². The Bertz CT molecular complexity index is 433. The number of anilines is 1. The van der Waals surface area contributed by atoms with E-state index < -0.39 is 0 Å². The van der Waals surface area contributed by atoms with Crippen LogP contribution in [0.5, 0.6) is 0 Å². The molecule has 0 spiro atoms. The van der Waals surface area contributed by atoms with Crippen LogP contribution in [0.4, 0.5) is 5.69 Å². The van der Waals surface area contributed by atoms with E-state index in [9.17, 15) is 0 Å². The topological polar surface area (TPSA) is 38.5 Å². The van der Waals surface area contributed by atoms with E-state index in [0.29, 0.717) is 11.1 Å². The third kappa shape index (κ3) is 2.58. The summed E-state index contributed by atoms with van der Waals surface area (Å²) in [6, 6.07) is 6.24. The summed E-state index contributed by atoms with van der Waals surface area (Å²) >= 11 is 5.01. The van der Waals surface area contributed by atoms with E-state index in [4.69, 9.17) is 22.7 Å². The molecule has 1 aliphatic heterocycles. The second kappa shape index (κ2) is 5.02. The van der Waals surface area contributed by atoms with E-state index in [1.165, 1.54) is 5.69 Å². The first-order valence-corrected chi connectivity index (χ1v) is 6.21. The highest BCUT2D eigenvalue weighted by molar-refractivity contribution is 7.80. The van der Waals surface area contributed by atoms with Crippen molar-refractivity contribution in [3.8, 4) is 0 Å². The number of rotatable bonds is 3. The van der Waals surface area contributed by atoms with Crippen LogP contribution in [0.15, 0.2) is 18.2 Å². The van der Waals surface area contributed by atoms with Gasteiger partial charge in [0.05, 0.1) is 6.10 Å². The van der Waals surface area contributed by atoms with Gasteiger partial charge in [0.15, 0.2) is 0 Å². The molecule has 1 atom stereocenters. The fourth-order valence-corrected chi connectivity index (χ4v) is 2.51. The van der Waals surface area contributed by atoms with E-state index in [1.54, 1.807) is 7.11 Å². The van der Waals surface area contributed by atoms with Gasteiger partial charge in [0.2, 0.25) is 0 Å². The van der Waals surface area contributed by atoms with E-state index in [2.05, 4.69) is 17.0 Å². The van der Waals surface area contributed by atoms with Crippen molar-refractivity contribution in [1.82, 2.24) is 0 Å². The molecule has 0 amide bonds. The third-order valence-corrected chi connectivity index (χ3v) is 3.54. The van der Waals surface area contributed by atoms with Crippen LogP contribution in [-0.4, -0.2) is 31.3 Å². The summed E-state index contributed by atoms with van der Waals surface area (Å²) in [4.78, 5) is 2.80. The van der Waals surface area contributed by atoms with Gasteiger partial charge >= 0.3 is 0 Å². The fourth-order valence-electron chi connectivity index (χ4n) is 2.28. The highest BCUT2D eigenvalue weighted by Crippen LogP contribution is 2.24. The summed E-state index contributed by atoms with van der Waals surface area (Å²) in [6.07, 6.45) is 1.44. The number of aryl methyl sites for hydroxylation is 1. The normalized spacial score (nSPS) is 19.6. The smallest absolute Gasteiger partial charge is 0.104 e. The molecule has 1 fully saturated rings. The minimum Gasteiger partial charge on any atom is -0.389 e. The maximum Gasteiger partial charge on any atom is 0.104 e. The molecule has 1 aromatic rings. The molecule has 1 heterocycles. The van der Waals surface area contributed by atoms with Gasteiger partial charge in [-0.1, -0.05) is 12.2 Å². The first-order valence-electron chi connectivity index (χ1n) is 5.80. The van der Waals surface area contributed by atoms with Gasteiger partial charge in [-0.2, -0.15) is 0 Å². The van der Waals surface area contributed by atoms with Crippen molar-refractivity contribution >= 4 is 22.9 Å². The van der Waals surface area contributed by atoms with Gasteiger partial charge in [0.1, 0.15) is 4.99 Å². The van der Waals surface area contributed by atoms with Crippen molar-refractivity contribution in [3.05, 3.63) is 29.3 Å². The van der Waals surface area contributed by atoms with Crippen molar-refractivity contribution < 1.29 is 4.74 Å². The van der Waals surface area contributed by atoms with E-state index in [0.717, 1.165) is 30.6 Å². The fraction of sp³-hybridized carbons (Fsp3) is 0.462. The molecule has 1 aliphatic rings. The lowest BCUT2D eigenvalue weighted by Gasteiger charge is -2.19. The van der Waals surface area contributed by atoms with Crippen LogP contribution in [0.25, 0.3) is 0 Å². The SMILES string of the molecule is COC1CCN(c2ccc(C(N)=S)c(C)c2)C1. The number of ether oxygens (including phenoxy) is 1. The van der Waals surface area contributed by atoms with Gasteiger partial charge in [0.25, 0.3) is 0 Å². The Hall–Kier alpha value is -1.13. The molecule has 0 aromatic heterocycles. The zero-order chi connectivity index (χ0) is 12.4. The first kappa shape index (κ1) is 12.3. The number of nitrogens with zero attached hydrogens (tertiary/aromatic N) is 1. The van der Waals surface area contributed by atoms with Gasteiger partial charge < -0.3 is 15.4 Å². The van der Waals surface area contributed by atoms with Gasteiger partial charge in [-0.3, -0.25) is 0 Å². The predicted octanol–water partition coefficient (Wildman–Crippen LogP) is 1.85. The van der Waals surface area contributed by atoms with Crippen molar-refractivity contribution in [2.24, 2.45) is 5.73 Å². The standard InChI is InChI=1S/C13H18N2OS/c1-9-7-10(3-4-12(9)13(14)17)15-6-5-11(8-15)16-2/h3-4,7,11H,5-6,8H2,1-2H3,(H2,14,17). The minimum atomic E-state index is 0.352. The molecule has 1 saturated heterocycles. The summed E-state index contributed by atoms with van der Waals surface area (Å²) in [5.41, 5.74) is 8.98. The molecular formula is C13H18N2OS. The van der Waals surface area contributed by atoms with Gasteiger partial charge in [-0.25, -0.2) is 0 Å². The lowest BCUT2D eigenvalue weighted by molar-refractivity contribution is 0.121. The molecule has 1 aromatic carbocycles. The van der Waals surface area contributed by atoms with Gasteiger partial charge in [-0.15, -0.1) is 0 Å². The predicted molar refractivity (Wildman–Crippen MR) is 74.7 cm³/mol. The lowest BCUT2D eigenvalue weighted by Crippen LogP contribution is -2.22. The summed E-state index contributed by atoms with van der Waals surface area (Å²) in [6.45, 7) is 4.05. The first-order chi connectivity index (χ1) is 8.11. The average Bonchev–Trinajstić information content (AvgIpc) is 2.76. The van der Waals surface area contributed by atoms with E-state index in [-0.39, 0.29) is 0 Å². The molecular weight excluding hydrogens is 232 g/mol.